The number of fused-ring (bicyclic) bond motifs is 1. The monoisotopic (exact) mass is 312 g/mol. The predicted molar refractivity (Wildman–Crippen MR) is 84.7 cm³/mol. The number of aromatic nitrogens is 2. The van der Waals surface area contributed by atoms with Crippen LogP contribution in [0.2, 0.25) is 0 Å². The van der Waals surface area contributed by atoms with Gasteiger partial charge in [0.2, 0.25) is 0 Å². The van der Waals surface area contributed by atoms with Crippen LogP contribution in [0.4, 0.5) is 0 Å². The summed E-state index contributed by atoms with van der Waals surface area (Å²) in [5.41, 5.74) is 2.74. The van der Waals surface area contributed by atoms with Gasteiger partial charge in [0.15, 0.2) is 5.69 Å². The van der Waals surface area contributed by atoms with E-state index in [0.717, 1.165) is 43.2 Å². The molecule has 0 aromatic carbocycles. The molecule has 0 radical (unpaired) electrons. The molecule has 3 rings (SSSR count). The van der Waals surface area contributed by atoms with Gasteiger partial charge in [0.25, 0.3) is 5.91 Å². The van der Waals surface area contributed by atoms with Gasteiger partial charge in [0.1, 0.15) is 0 Å². The average molecular weight is 313 g/mol. The van der Waals surface area contributed by atoms with Crippen LogP contribution in [0.1, 0.15) is 54.4 Å². The fourth-order valence-electron chi connectivity index (χ4n) is 3.27. The fourth-order valence-corrected chi connectivity index (χ4v) is 3.27. The summed E-state index contributed by atoms with van der Waals surface area (Å²) in [6, 6.07) is 0. The van der Waals surface area contributed by atoms with Crippen LogP contribution in [0.5, 0.6) is 0 Å². The maximum Gasteiger partial charge on any atom is 0.272 e. The van der Waals surface area contributed by atoms with Gasteiger partial charge in [-0.3, -0.25) is 9.89 Å². The lowest BCUT2D eigenvalue weighted by molar-refractivity contribution is 0.0935. The van der Waals surface area contributed by atoms with E-state index in [0.29, 0.717) is 11.6 Å². The molecule has 1 aromatic heterocycles. The first kappa shape index (κ1) is 16.3. The standard InChI is InChI=1S/C15H24N4O.ClH/c1-10-2-4-11(5-3-10)8-17-15(20)14-12-9-16-7-6-13(12)18-19-14;/h10-11,16H,2-9H2,1H3,(H,17,20)(H,18,19);1H. The fraction of sp³-hybridized carbons (Fsp3) is 0.733. The van der Waals surface area contributed by atoms with Crippen LogP contribution in [0.15, 0.2) is 0 Å². The largest absolute Gasteiger partial charge is 0.350 e. The first-order chi connectivity index (χ1) is 9.74. The smallest absolute Gasteiger partial charge is 0.272 e. The highest BCUT2D eigenvalue weighted by molar-refractivity contribution is 5.94. The number of nitrogens with one attached hydrogen (secondary N) is 3. The van der Waals surface area contributed by atoms with Crippen molar-refractivity contribution in [2.24, 2.45) is 11.8 Å². The zero-order chi connectivity index (χ0) is 13.9. The second kappa shape index (κ2) is 7.27. The van der Waals surface area contributed by atoms with Crippen molar-refractivity contribution in [3.63, 3.8) is 0 Å². The Morgan fingerprint density at radius 1 is 1.33 bits per heavy atom. The minimum Gasteiger partial charge on any atom is -0.350 e. The van der Waals surface area contributed by atoms with Crippen LogP contribution >= 0.6 is 12.4 Å². The number of halogens is 1. The number of rotatable bonds is 3. The second-order valence-corrected chi connectivity index (χ2v) is 6.29. The molecular formula is C15H25ClN4O. The third kappa shape index (κ3) is 3.77. The normalized spacial score (nSPS) is 24.8. The van der Waals surface area contributed by atoms with Crippen LogP contribution in [0.25, 0.3) is 0 Å². The van der Waals surface area contributed by atoms with E-state index in [4.69, 9.17) is 0 Å². The summed E-state index contributed by atoms with van der Waals surface area (Å²) in [5.74, 6) is 1.47. The van der Waals surface area contributed by atoms with Crippen molar-refractivity contribution in [2.45, 2.75) is 45.6 Å². The first-order valence-electron chi connectivity index (χ1n) is 7.79. The predicted octanol–water partition coefficient (Wildman–Crippen LogP) is 2.03. The second-order valence-electron chi connectivity index (χ2n) is 6.29. The maximum atomic E-state index is 12.3. The Balaban J connectivity index is 0.00000161. The van der Waals surface area contributed by atoms with Gasteiger partial charge in [-0.1, -0.05) is 19.8 Å². The van der Waals surface area contributed by atoms with Crippen molar-refractivity contribution in [1.82, 2.24) is 20.8 Å². The number of hydrogen-bond acceptors (Lipinski definition) is 3. The molecule has 0 spiro atoms. The highest BCUT2D eigenvalue weighted by Gasteiger charge is 2.23. The number of aromatic amines is 1. The molecule has 6 heteroatoms. The lowest BCUT2D eigenvalue weighted by Crippen LogP contribution is -2.33. The lowest BCUT2D eigenvalue weighted by Gasteiger charge is -2.26. The number of nitrogens with zero attached hydrogens (tertiary/aromatic N) is 1. The Morgan fingerprint density at radius 3 is 2.86 bits per heavy atom. The highest BCUT2D eigenvalue weighted by Crippen LogP contribution is 2.27. The molecule has 1 saturated carbocycles. The molecule has 0 saturated heterocycles. The summed E-state index contributed by atoms with van der Waals surface area (Å²) >= 11 is 0. The van der Waals surface area contributed by atoms with Crippen molar-refractivity contribution >= 4 is 18.3 Å². The number of hydrogen-bond donors (Lipinski definition) is 3. The van der Waals surface area contributed by atoms with E-state index >= 15 is 0 Å². The molecule has 1 fully saturated rings. The molecule has 3 N–H and O–H groups in total. The Hall–Kier alpha value is -1.07. The van der Waals surface area contributed by atoms with Crippen LogP contribution in [0, 0.1) is 11.8 Å². The summed E-state index contributed by atoms with van der Waals surface area (Å²) in [6.07, 6.45) is 5.99. The topological polar surface area (TPSA) is 69.8 Å². The molecule has 1 aliphatic heterocycles. The number of carbonyl (C=O) groups is 1. The van der Waals surface area contributed by atoms with Gasteiger partial charge >= 0.3 is 0 Å². The van der Waals surface area contributed by atoms with Crippen molar-refractivity contribution in [3.8, 4) is 0 Å². The van der Waals surface area contributed by atoms with Crippen molar-refractivity contribution < 1.29 is 4.79 Å². The SMILES string of the molecule is CC1CCC(CNC(=O)c2n[nH]c3c2CNCC3)CC1.Cl. The minimum absolute atomic E-state index is 0. The molecule has 2 aliphatic rings. The summed E-state index contributed by atoms with van der Waals surface area (Å²) in [4.78, 5) is 12.3. The van der Waals surface area contributed by atoms with Crippen molar-refractivity contribution in [1.29, 1.82) is 0 Å². The Kier molecular flexibility index (Phi) is 5.65. The van der Waals surface area contributed by atoms with E-state index in [9.17, 15) is 4.79 Å². The van der Waals surface area contributed by atoms with E-state index in [1.165, 1.54) is 25.7 Å². The summed E-state index contributed by atoms with van der Waals surface area (Å²) in [5, 5.41) is 13.6. The van der Waals surface area contributed by atoms with Crippen molar-refractivity contribution in [2.75, 3.05) is 13.1 Å². The van der Waals surface area contributed by atoms with Gasteiger partial charge in [-0.15, -0.1) is 12.4 Å². The zero-order valence-electron chi connectivity index (χ0n) is 12.6. The number of carbonyl (C=O) groups excluding carboxylic acids is 1. The molecule has 0 atom stereocenters. The number of H-pyrrole nitrogens is 1. The third-order valence-corrected chi connectivity index (χ3v) is 4.71. The molecule has 21 heavy (non-hydrogen) atoms. The molecule has 0 bridgehead atoms. The van der Waals surface area contributed by atoms with Gasteiger partial charge in [-0.2, -0.15) is 5.10 Å². The summed E-state index contributed by atoms with van der Waals surface area (Å²) in [6.45, 7) is 4.81. The van der Waals surface area contributed by atoms with E-state index in [1.54, 1.807) is 0 Å². The Bertz CT molecular complexity index is 480. The van der Waals surface area contributed by atoms with E-state index < -0.39 is 0 Å². The summed E-state index contributed by atoms with van der Waals surface area (Å²) < 4.78 is 0. The van der Waals surface area contributed by atoms with Crippen molar-refractivity contribution in [3.05, 3.63) is 17.0 Å². The molecule has 5 nitrogen and oxygen atoms in total. The average Bonchev–Trinajstić information content (AvgIpc) is 2.90. The van der Waals surface area contributed by atoms with Gasteiger partial charge < -0.3 is 10.6 Å². The van der Waals surface area contributed by atoms with E-state index in [-0.39, 0.29) is 18.3 Å². The lowest BCUT2D eigenvalue weighted by atomic mass is 9.83. The molecule has 1 aliphatic carbocycles. The Morgan fingerprint density at radius 2 is 2.10 bits per heavy atom. The number of amides is 1. The van der Waals surface area contributed by atoms with Gasteiger partial charge in [-0.25, -0.2) is 0 Å². The molecule has 1 amide bonds. The van der Waals surface area contributed by atoms with Gasteiger partial charge in [0, 0.05) is 37.3 Å². The molecular weight excluding hydrogens is 288 g/mol. The third-order valence-electron chi connectivity index (χ3n) is 4.71. The minimum atomic E-state index is -0.0233. The van der Waals surface area contributed by atoms with Crippen LogP contribution < -0.4 is 10.6 Å². The van der Waals surface area contributed by atoms with Gasteiger partial charge in [-0.05, 0) is 24.7 Å². The highest BCUT2D eigenvalue weighted by atomic mass is 35.5. The molecule has 2 heterocycles. The van der Waals surface area contributed by atoms with E-state index in [1.807, 2.05) is 0 Å². The first-order valence-corrected chi connectivity index (χ1v) is 7.79. The molecule has 118 valence electrons. The Labute approximate surface area is 132 Å². The van der Waals surface area contributed by atoms with Crippen LogP contribution in [0.3, 0.4) is 0 Å². The summed E-state index contributed by atoms with van der Waals surface area (Å²) in [7, 11) is 0. The van der Waals surface area contributed by atoms with Gasteiger partial charge in [0.05, 0.1) is 0 Å². The molecule has 0 unspecified atom stereocenters. The van der Waals surface area contributed by atoms with Crippen LogP contribution in [-0.4, -0.2) is 29.2 Å². The van der Waals surface area contributed by atoms with E-state index in [2.05, 4.69) is 27.8 Å². The zero-order valence-corrected chi connectivity index (χ0v) is 13.4. The quantitative estimate of drug-likeness (QED) is 0.800. The maximum absolute atomic E-state index is 12.3. The van der Waals surface area contributed by atoms with Crippen LogP contribution in [-0.2, 0) is 13.0 Å². The molecule has 1 aromatic rings.